The molecule has 33 heavy (non-hydrogen) atoms. The lowest BCUT2D eigenvalue weighted by molar-refractivity contribution is 0.929. The Morgan fingerprint density at radius 2 is 1.64 bits per heavy atom. The number of thioether (sulfide) groups is 1. The fraction of sp³-hybridized carbons (Fsp3) is 0.0769. The van der Waals surface area contributed by atoms with Gasteiger partial charge < -0.3 is 0 Å². The third-order valence-corrected chi connectivity index (χ3v) is 6.65. The molecule has 7 heteroatoms. The molecule has 6 aromatic rings. The summed E-state index contributed by atoms with van der Waals surface area (Å²) in [6.07, 6.45) is 0. The Hall–Kier alpha value is -3.97. The van der Waals surface area contributed by atoms with Crippen LogP contribution in [0.5, 0.6) is 0 Å². The number of nitrogens with zero attached hydrogens (tertiary/aromatic N) is 5. The Morgan fingerprint density at radius 1 is 0.848 bits per heavy atom. The highest BCUT2D eigenvalue weighted by Crippen LogP contribution is 2.26. The van der Waals surface area contributed by atoms with Crippen LogP contribution in [0.15, 0.2) is 94.9 Å². The van der Waals surface area contributed by atoms with Gasteiger partial charge in [-0.1, -0.05) is 65.9 Å². The van der Waals surface area contributed by atoms with Crippen LogP contribution in [-0.4, -0.2) is 24.1 Å². The molecular weight excluding hydrogens is 430 g/mol. The van der Waals surface area contributed by atoms with E-state index in [1.165, 1.54) is 0 Å². The zero-order valence-electron chi connectivity index (χ0n) is 17.8. The molecule has 0 saturated heterocycles. The van der Waals surface area contributed by atoms with Crippen molar-refractivity contribution in [3.63, 3.8) is 0 Å². The largest absolute Gasteiger partial charge is 0.268 e. The van der Waals surface area contributed by atoms with Crippen LogP contribution in [-0.2, 0) is 5.75 Å². The number of hydrogen-bond donors (Lipinski definition) is 0. The topological polar surface area (TPSA) is 65.1 Å². The molecule has 6 nitrogen and oxygen atoms in total. The molecule has 0 aliphatic carbocycles. The summed E-state index contributed by atoms with van der Waals surface area (Å²) < 4.78 is 3.59. The van der Waals surface area contributed by atoms with E-state index < -0.39 is 0 Å². The van der Waals surface area contributed by atoms with E-state index >= 15 is 0 Å². The molecule has 0 radical (unpaired) electrons. The smallest absolute Gasteiger partial charge is 0.267 e. The van der Waals surface area contributed by atoms with Gasteiger partial charge in [-0.25, -0.2) is 4.57 Å². The molecule has 0 amide bonds. The van der Waals surface area contributed by atoms with E-state index in [0.29, 0.717) is 16.9 Å². The summed E-state index contributed by atoms with van der Waals surface area (Å²) in [4.78, 5) is 18.2. The highest BCUT2D eigenvalue weighted by atomic mass is 32.2. The number of benzene rings is 3. The van der Waals surface area contributed by atoms with Crippen LogP contribution in [0, 0.1) is 6.92 Å². The third-order valence-electron chi connectivity index (χ3n) is 5.69. The Morgan fingerprint density at radius 3 is 2.52 bits per heavy atom. The molecule has 3 aromatic heterocycles. The van der Waals surface area contributed by atoms with Crippen molar-refractivity contribution in [1.29, 1.82) is 0 Å². The Bertz CT molecular complexity index is 1700. The lowest BCUT2D eigenvalue weighted by Gasteiger charge is -2.11. The zero-order valence-corrected chi connectivity index (χ0v) is 18.7. The molecule has 0 saturated carbocycles. The first-order valence-electron chi connectivity index (χ1n) is 10.6. The number of hydrogen-bond acceptors (Lipinski definition) is 5. The highest BCUT2D eigenvalue weighted by Gasteiger charge is 2.18. The molecule has 0 unspecified atom stereocenters. The Kier molecular flexibility index (Phi) is 4.69. The molecule has 0 aliphatic rings. The van der Waals surface area contributed by atoms with Gasteiger partial charge in [0.1, 0.15) is 0 Å². The van der Waals surface area contributed by atoms with Crippen molar-refractivity contribution in [3.05, 3.63) is 107 Å². The predicted molar refractivity (Wildman–Crippen MR) is 132 cm³/mol. The van der Waals surface area contributed by atoms with Crippen molar-refractivity contribution in [2.24, 2.45) is 0 Å². The lowest BCUT2D eigenvalue weighted by Crippen LogP contribution is -2.21. The van der Waals surface area contributed by atoms with Crippen molar-refractivity contribution in [1.82, 2.24) is 24.1 Å². The van der Waals surface area contributed by atoms with E-state index in [2.05, 4.69) is 22.3 Å². The molecule has 6 rings (SSSR count). The van der Waals surface area contributed by atoms with Gasteiger partial charge in [0.15, 0.2) is 5.16 Å². The second-order valence-corrected chi connectivity index (χ2v) is 8.84. The minimum Gasteiger partial charge on any atom is -0.268 e. The minimum atomic E-state index is -0.109. The van der Waals surface area contributed by atoms with Gasteiger partial charge in [0.2, 0.25) is 5.78 Å². The normalized spacial score (nSPS) is 11.5. The van der Waals surface area contributed by atoms with Gasteiger partial charge in [-0.05, 0) is 43.3 Å². The van der Waals surface area contributed by atoms with Crippen molar-refractivity contribution in [2.45, 2.75) is 17.8 Å². The predicted octanol–water partition coefficient (Wildman–Crippen LogP) is 5.18. The van der Waals surface area contributed by atoms with Crippen LogP contribution in [0.2, 0.25) is 0 Å². The fourth-order valence-corrected chi connectivity index (χ4v) is 4.87. The van der Waals surface area contributed by atoms with Gasteiger partial charge >= 0.3 is 0 Å². The van der Waals surface area contributed by atoms with Gasteiger partial charge in [-0.3, -0.25) is 14.2 Å². The Balaban J connectivity index is 1.49. The summed E-state index contributed by atoms with van der Waals surface area (Å²) in [5, 5.41) is 11.3. The highest BCUT2D eigenvalue weighted by molar-refractivity contribution is 7.98. The average Bonchev–Trinajstić information content (AvgIpc) is 3.27. The van der Waals surface area contributed by atoms with Crippen molar-refractivity contribution in [2.75, 3.05) is 0 Å². The molecule has 0 fully saturated rings. The zero-order chi connectivity index (χ0) is 22.4. The number of rotatable bonds is 4. The maximum atomic E-state index is 13.4. The fourth-order valence-electron chi connectivity index (χ4n) is 4.03. The maximum absolute atomic E-state index is 13.4. The van der Waals surface area contributed by atoms with Crippen LogP contribution in [0.3, 0.4) is 0 Å². The van der Waals surface area contributed by atoms with Crippen LogP contribution >= 0.6 is 11.8 Å². The number of pyridine rings is 1. The number of para-hydroxylation sites is 2. The molecule has 3 heterocycles. The summed E-state index contributed by atoms with van der Waals surface area (Å²) >= 11 is 1.56. The van der Waals surface area contributed by atoms with Crippen LogP contribution in [0.25, 0.3) is 33.3 Å². The van der Waals surface area contributed by atoms with Gasteiger partial charge in [-0.2, -0.15) is 0 Å². The summed E-state index contributed by atoms with van der Waals surface area (Å²) in [6, 6.07) is 27.7. The molecule has 0 spiro atoms. The molecule has 0 aliphatic heterocycles. The molecule has 0 atom stereocenters. The summed E-state index contributed by atoms with van der Waals surface area (Å²) in [7, 11) is 0. The molecule has 0 N–H and O–H groups in total. The first kappa shape index (κ1) is 19.7. The summed E-state index contributed by atoms with van der Waals surface area (Å²) in [5.41, 5.74) is 4.51. The maximum Gasteiger partial charge on any atom is 0.267 e. The van der Waals surface area contributed by atoms with Crippen molar-refractivity contribution >= 4 is 39.3 Å². The van der Waals surface area contributed by atoms with Gasteiger partial charge in [-0.15, -0.1) is 10.2 Å². The van der Waals surface area contributed by atoms with Crippen LogP contribution in [0.4, 0.5) is 0 Å². The van der Waals surface area contributed by atoms with E-state index in [0.717, 1.165) is 38.5 Å². The Labute approximate surface area is 193 Å². The summed E-state index contributed by atoms with van der Waals surface area (Å²) in [5.74, 6) is 1.14. The second kappa shape index (κ2) is 7.86. The van der Waals surface area contributed by atoms with Crippen molar-refractivity contribution < 1.29 is 0 Å². The van der Waals surface area contributed by atoms with E-state index in [4.69, 9.17) is 4.98 Å². The molecular formula is C26H19N5OS. The molecule has 160 valence electrons. The monoisotopic (exact) mass is 449 g/mol. The second-order valence-electron chi connectivity index (χ2n) is 7.90. The third kappa shape index (κ3) is 3.37. The van der Waals surface area contributed by atoms with Crippen molar-refractivity contribution in [3.8, 4) is 5.69 Å². The lowest BCUT2D eigenvalue weighted by atomic mass is 10.2. The first-order chi connectivity index (χ1) is 16.2. The minimum absolute atomic E-state index is 0.109. The molecule has 0 bridgehead atoms. The van der Waals surface area contributed by atoms with Gasteiger partial charge in [0.05, 0.1) is 27.8 Å². The van der Waals surface area contributed by atoms with Gasteiger partial charge in [0.25, 0.3) is 5.56 Å². The average molecular weight is 450 g/mol. The van der Waals surface area contributed by atoms with E-state index in [-0.39, 0.29) is 5.56 Å². The van der Waals surface area contributed by atoms with Crippen LogP contribution in [0.1, 0.15) is 11.3 Å². The number of fused-ring (bicyclic) bond motifs is 4. The first-order valence-corrected chi connectivity index (χ1v) is 11.6. The summed E-state index contributed by atoms with van der Waals surface area (Å²) in [6.45, 7) is 2.02. The standard InChI is InChI=1S/C26H19N5OS/c1-17-10-14-20(15-11-17)30-24(32)21-7-3-5-9-23(21)31-25(30)28-29-26(31)33-16-19-13-12-18-6-2-4-8-22(18)27-19/h2-15H,16H2,1H3. The van der Waals surface area contributed by atoms with E-state index in [9.17, 15) is 4.79 Å². The van der Waals surface area contributed by atoms with E-state index in [1.807, 2.05) is 84.1 Å². The number of aryl methyl sites for hydroxylation is 1. The molecule has 3 aromatic carbocycles. The van der Waals surface area contributed by atoms with E-state index in [1.54, 1.807) is 16.3 Å². The number of aromatic nitrogens is 5. The SMILES string of the molecule is Cc1ccc(-n2c(=O)c3ccccc3n3c(SCc4ccc5ccccc5n4)nnc23)cc1. The quantitative estimate of drug-likeness (QED) is 0.347. The van der Waals surface area contributed by atoms with Crippen LogP contribution < -0.4 is 5.56 Å². The van der Waals surface area contributed by atoms with Gasteiger partial charge in [0, 0.05) is 11.1 Å².